The van der Waals surface area contributed by atoms with Gasteiger partial charge in [0.15, 0.2) is 0 Å². The first kappa shape index (κ1) is 14.1. The third-order valence-electron chi connectivity index (χ3n) is 3.11. The maximum atomic E-state index is 6.03. The standard InChI is InChI=1S/C15H19ClN2O/c1-3-13-9-18-15(19-13)10-17-14(4-2)11-6-5-7-12(16)8-11/h5-9,14,17H,3-4,10H2,1-2H3. The summed E-state index contributed by atoms with van der Waals surface area (Å²) in [4.78, 5) is 4.25. The summed E-state index contributed by atoms with van der Waals surface area (Å²) in [5.74, 6) is 1.66. The van der Waals surface area contributed by atoms with Gasteiger partial charge in [-0.3, -0.25) is 0 Å². The first-order valence-electron chi connectivity index (χ1n) is 6.65. The molecule has 0 radical (unpaired) electrons. The van der Waals surface area contributed by atoms with Crippen molar-refractivity contribution in [3.8, 4) is 0 Å². The SMILES string of the molecule is CCc1cnc(CNC(CC)c2cccc(Cl)c2)o1. The molecular weight excluding hydrogens is 260 g/mol. The van der Waals surface area contributed by atoms with E-state index in [1.807, 2.05) is 18.2 Å². The minimum Gasteiger partial charge on any atom is -0.444 e. The lowest BCUT2D eigenvalue weighted by Crippen LogP contribution is -2.20. The van der Waals surface area contributed by atoms with Crippen molar-refractivity contribution in [3.05, 3.63) is 52.7 Å². The molecule has 0 spiro atoms. The molecule has 2 rings (SSSR count). The van der Waals surface area contributed by atoms with Gasteiger partial charge < -0.3 is 9.73 Å². The number of hydrogen-bond acceptors (Lipinski definition) is 3. The number of aromatic nitrogens is 1. The maximum Gasteiger partial charge on any atom is 0.208 e. The van der Waals surface area contributed by atoms with E-state index in [9.17, 15) is 0 Å². The zero-order valence-electron chi connectivity index (χ0n) is 11.3. The lowest BCUT2D eigenvalue weighted by Gasteiger charge is -2.16. The van der Waals surface area contributed by atoms with Crippen molar-refractivity contribution < 1.29 is 4.42 Å². The van der Waals surface area contributed by atoms with Crippen LogP contribution in [-0.4, -0.2) is 4.98 Å². The number of rotatable bonds is 6. The fourth-order valence-corrected chi connectivity index (χ4v) is 2.22. The Hall–Kier alpha value is -1.32. The van der Waals surface area contributed by atoms with Crippen LogP contribution < -0.4 is 5.32 Å². The second-order valence-electron chi connectivity index (χ2n) is 4.47. The molecule has 0 aliphatic heterocycles. The molecule has 102 valence electrons. The van der Waals surface area contributed by atoms with Gasteiger partial charge in [-0.15, -0.1) is 0 Å². The molecule has 1 N–H and O–H groups in total. The van der Waals surface area contributed by atoms with Crippen LogP contribution in [0.2, 0.25) is 5.02 Å². The third kappa shape index (κ3) is 3.82. The monoisotopic (exact) mass is 278 g/mol. The van der Waals surface area contributed by atoms with Crippen LogP contribution in [0.3, 0.4) is 0 Å². The smallest absolute Gasteiger partial charge is 0.208 e. The molecule has 1 unspecified atom stereocenters. The molecule has 1 aromatic heterocycles. The second kappa shape index (κ2) is 6.73. The molecule has 1 atom stereocenters. The van der Waals surface area contributed by atoms with Gasteiger partial charge in [0.25, 0.3) is 0 Å². The van der Waals surface area contributed by atoms with E-state index in [0.29, 0.717) is 6.54 Å². The number of benzene rings is 1. The molecule has 1 aromatic carbocycles. The van der Waals surface area contributed by atoms with Crippen molar-refractivity contribution in [2.24, 2.45) is 0 Å². The number of hydrogen-bond donors (Lipinski definition) is 1. The fraction of sp³-hybridized carbons (Fsp3) is 0.400. The van der Waals surface area contributed by atoms with Crippen molar-refractivity contribution >= 4 is 11.6 Å². The topological polar surface area (TPSA) is 38.1 Å². The molecule has 0 aliphatic carbocycles. The predicted octanol–water partition coefficient (Wildman–Crippen LogP) is 4.13. The quantitative estimate of drug-likeness (QED) is 0.863. The van der Waals surface area contributed by atoms with E-state index >= 15 is 0 Å². The summed E-state index contributed by atoms with van der Waals surface area (Å²) in [5.41, 5.74) is 1.19. The summed E-state index contributed by atoms with van der Waals surface area (Å²) >= 11 is 6.03. The summed E-state index contributed by atoms with van der Waals surface area (Å²) in [7, 11) is 0. The Morgan fingerprint density at radius 2 is 2.21 bits per heavy atom. The van der Waals surface area contributed by atoms with Crippen LogP contribution in [0.25, 0.3) is 0 Å². The van der Waals surface area contributed by atoms with Crippen molar-refractivity contribution in [3.63, 3.8) is 0 Å². The number of nitrogens with one attached hydrogen (secondary N) is 1. The molecule has 0 fully saturated rings. The van der Waals surface area contributed by atoms with E-state index in [1.54, 1.807) is 6.20 Å². The van der Waals surface area contributed by atoms with Crippen molar-refractivity contribution in [1.29, 1.82) is 0 Å². The van der Waals surface area contributed by atoms with Crippen LogP contribution in [0.15, 0.2) is 34.9 Å². The average molecular weight is 279 g/mol. The van der Waals surface area contributed by atoms with Gasteiger partial charge >= 0.3 is 0 Å². The summed E-state index contributed by atoms with van der Waals surface area (Å²) in [6.07, 6.45) is 3.65. The Balaban J connectivity index is 1.99. The maximum absolute atomic E-state index is 6.03. The van der Waals surface area contributed by atoms with E-state index in [1.165, 1.54) is 5.56 Å². The summed E-state index contributed by atoms with van der Waals surface area (Å²) < 4.78 is 5.59. The molecule has 1 heterocycles. The van der Waals surface area contributed by atoms with Crippen LogP contribution in [0.1, 0.15) is 43.5 Å². The van der Waals surface area contributed by atoms with Crippen LogP contribution in [0, 0.1) is 0 Å². The van der Waals surface area contributed by atoms with Gasteiger partial charge in [-0.05, 0) is 24.1 Å². The highest BCUT2D eigenvalue weighted by molar-refractivity contribution is 6.30. The summed E-state index contributed by atoms with van der Waals surface area (Å²) in [6, 6.07) is 8.20. The lowest BCUT2D eigenvalue weighted by molar-refractivity contribution is 0.413. The van der Waals surface area contributed by atoms with Crippen LogP contribution >= 0.6 is 11.6 Å². The highest BCUT2D eigenvalue weighted by Crippen LogP contribution is 2.20. The Kier molecular flexibility index (Phi) is 5.00. The molecular formula is C15H19ClN2O. The van der Waals surface area contributed by atoms with Crippen LogP contribution in [0.4, 0.5) is 0 Å². The van der Waals surface area contributed by atoms with Gasteiger partial charge in [-0.1, -0.05) is 37.6 Å². The van der Waals surface area contributed by atoms with Gasteiger partial charge in [-0.2, -0.15) is 0 Å². The number of nitrogens with zero attached hydrogens (tertiary/aromatic N) is 1. The number of halogens is 1. The lowest BCUT2D eigenvalue weighted by atomic mass is 10.0. The van der Waals surface area contributed by atoms with E-state index in [2.05, 4.69) is 30.2 Å². The Bertz CT molecular complexity index is 524. The molecule has 4 heteroatoms. The zero-order chi connectivity index (χ0) is 13.7. The van der Waals surface area contributed by atoms with E-state index in [-0.39, 0.29) is 6.04 Å². The number of oxazole rings is 1. The molecule has 0 saturated carbocycles. The van der Waals surface area contributed by atoms with Crippen LogP contribution in [0.5, 0.6) is 0 Å². The molecule has 0 bridgehead atoms. The van der Waals surface area contributed by atoms with Gasteiger partial charge in [0.05, 0.1) is 12.7 Å². The van der Waals surface area contributed by atoms with E-state index in [4.69, 9.17) is 16.0 Å². The van der Waals surface area contributed by atoms with Crippen molar-refractivity contribution in [2.45, 2.75) is 39.3 Å². The second-order valence-corrected chi connectivity index (χ2v) is 4.91. The van der Waals surface area contributed by atoms with Gasteiger partial charge in [0, 0.05) is 17.5 Å². The highest BCUT2D eigenvalue weighted by Gasteiger charge is 2.10. The Morgan fingerprint density at radius 1 is 1.37 bits per heavy atom. The van der Waals surface area contributed by atoms with Gasteiger partial charge in [0.1, 0.15) is 5.76 Å². The molecule has 0 amide bonds. The molecule has 0 saturated heterocycles. The minimum atomic E-state index is 0.260. The van der Waals surface area contributed by atoms with Gasteiger partial charge in [0.2, 0.25) is 5.89 Å². The summed E-state index contributed by atoms with van der Waals surface area (Å²) in [5, 5.41) is 4.22. The molecule has 2 aromatic rings. The molecule has 19 heavy (non-hydrogen) atoms. The van der Waals surface area contributed by atoms with Crippen LogP contribution in [-0.2, 0) is 13.0 Å². The van der Waals surface area contributed by atoms with Crippen molar-refractivity contribution in [2.75, 3.05) is 0 Å². The Labute approximate surface area is 119 Å². The van der Waals surface area contributed by atoms with Gasteiger partial charge in [-0.25, -0.2) is 4.98 Å². The van der Waals surface area contributed by atoms with E-state index < -0.39 is 0 Å². The predicted molar refractivity (Wildman–Crippen MR) is 77.2 cm³/mol. The van der Waals surface area contributed by atoms with Crippen molar-refractivity contribution in [1.82, 2.24) is 10.3 Å². The normalized spacial score (nSPS) is 12.6. The Morgan fingerprint density at radius 3 is 2.84 bits per heavy atom. The largest absolute Gasteiger partial charge is 0.444 e. The average Bonchev–Trinajstić information content (AvgIpc) is 2.87. The fourth-order valence-electron chi connectivity index (χ4n) is 2.02. The first-order chi connectivity index (χ1) is 9.22. The van der Waals surface area contributed by atoms with E-state index in [0.717, 1.165) is 29.5 Å². The number of aryl methyl sites for hydroxylation is 1. The zero-order valence-corrected chi connectivity index (χ0v) is 12.1. The third-order valence-corrected chi connectivity index (χ3v) is 3.34. The first-order valence-corrected chi connectivity index (χ1v) is 7.03. The highest BCUT2D eigenvalue weighted by atomic mass is 35.5. The minimum absolute atomic E-state index is 0.260. The molecule has 3 nitrogen and oxygen atoms in total. The summed E-state index contributed by atoms with van der Waals surface area (Å²) in [6.45, 7) is 4.83. The molecule has 0 aliphatic rings.